The van der Waals surface area contributed by atoms with Crippen molar-refractivity contribution in [2.45, 2.75) is 26.3 Å². The van der Waals surface area contributed by atoms with Crippen LogP contribution < -0.4 is 5.32 Å². The third kappa shape index (κ3) is 4.13. The van der Waals surface area contributed by atoms with Gasteiger partial charge in [0.25, 0.3) is 5.69 Å². The van der Waals surface area contributed by atoms with Crippen LogP contribution >= 0.6 is 0 Å². The molecule has 0 unspecified atom stereocenters. The molecule has 0 aliphatic heterocycles. The quantitative estimate of drug-likeness (QED) is 0.481. The minimum atomic E-state index is -0.318. The number of aryl methyl sites for hydroxylation is 1. The number of para-hydroxylation sites is 1. The molecule has 21 heavy (non-hydrogen) atoms. The first-order chi connectivity index (χ1) is 10.2. The predicted molar refractivity (Wildman–Crippen MR) is 84.3 cm³/mol. The first-order valence-electron chi connectivity index (χ1n) is 7.22. The fourth-order valence-corrected chi connectivity index (χ4v) is 2.42. The van der Waals surface area contributed by atoms with Gasteiger partial charge in [0, 0.05) is 18.2 Å². The lowest BCUT2D eigenvalue weighted by Gasteiger charge is -2.09. The molecule has 2 rings (SSSR count). The molecule has 0 fully saturated rings. The Morgan fingerprint density at radius 2 is 1.62 bits per heavy atom. The largest absolute Gasteiger partial charge is 0.312 e. The second-order valence-corrected chi connectivity index (χ2v) is 4.93. The van der Waals surface area contributed by atoms with Crippen molar-refractivity contribution < 1.29 is 4.92 Å². The molecular weight excluding hydrogens is 264 g/mol. The number of nitrogens with one attached hydrogen (secondary N) is 1. The molecule has 0 amide bonds. The summed E-state index contributed by atoms with van der Waals surface area (Å²) < 4.78 is 0. The van der Waals surface area contributed by atoms with Gasteiger partial charge in [-0.2, -0.15) is 0 Å². The molecule has 2 aromatic rings. The topological polar surface area (TPSA) is 55.2 Å². The molecule has 0 aliphatic carbocycles. The molecule has 0 saturated carbocycles. The summed E-state index contributed by atoms with van der Waals surface area (Å²) >= 11 is 0. The Hall–Kier alpha value is -2.20. The minimum Gasteiger partial charge on any atom is -0.312 e. The van der Waals surface area contributed by atoms with Crippen molar-refractivity contribution >= 4 is 5.69 Å². The highest BCUT2D eigenvalue weighted by Gasteiger charge is 2.11. The first kappa shape index (κ1) is 15.2. The molecule has 0 heterocycles. The normalized spacial score (nSPS) is 10.5. The Morgan fingerprint density at radius 3 is 2.29 bits per heavy atom. The number of hydrogen-bond donors (Lipinski definition) is 1. The maximum atomic E-state index is 10.9. The van der Waals surface area contributed by atoms with E-state index in [1.807, 2.05) is 18.2 Å². The number of benzene rings is 2. The number of hydrogen-bond acceptors (Lipinski definition) is 3. The summed E-state index contributed by atoms with van der Waals surface area (Å²) in [5.41, 5.74) is 3.62. The van der Waals surface area contributed by atoms with Crippen LogP contribution in [-0.2, 0) is 19.4 Å². The molecule has 4 nitrogen and oxygen atoms in total. The Balaban J connectivity index is 1.89. The van der Waals surface area contributed by atoms with Crippen molar-refractivity contribution in [2.75, 3.05) is 6.54 Å². The van der Waals surface area contributed by atoms with Crippen molar-refractivity contribution in [2.24, 2.45) is 0 Å². The van der Waals surface area contributed by atoms with E-state index in [0.29, 0.717) is 6.42 Å². The molecule has 110 valence electrons. The minimum absolute atomic E-state index is 0.202. The zero-order valence-corrected chi connectivity index (χ0v) is 12.2. The number of nitrogens with zero attached hydrogens (tertiary/aromatic N) is 1. The van der Waals surface area contributed by atoms with E-state index in [0.717, 1.165) is 25.1 Å². The van der Waals surface area contributed by atoms with E-state index < -0.39 is 0 Å². The monoisotopic (exact) mass is 284 g/mol. The van der Waals surface area contributed by atoms with Gasteiger partial charge in [-0.05, 0) is 30.5 Å². The van der Waals surface area contributed by atoms with Gasteiger partial charge in [-0.1, -0.05) is 49.4 Å². The number of rotatable bonds is 7. The molecule has 4 heteroatoms. The molecule has 0 atom stereocenters. The van der Waals surface area contributed by atoms with Crippen molar-refractivity contribution in [1.29, 1.82) is 0 Å². The Bertz CT molecular complexity index is 611. The van der Waals surface area contributed by atoms with Crippen molar-refractivity contribution in [3.63, 3.8) is 0 Å². The molecule has 0 spiro atoms. The van der Waals surface area contributed by atoms with E-state index in [1.54, 1.807) is 12.1 Å². The number of nitro groups is 1. The summed E-state index contributed by atoms with van der Waals surface area (Å²) in [6.45, 7) is 3.67. The fraction of sp³-hybridized carbons (Fsp3) is 0.294. The highest BCUT2D eigenvalue weighted by atomic mass is 16.6. The Morgan fingerprint density at radius 1 is 1.00 bits per heavy atom. The number of nitro benzene ring substituents is 1. The van der Waals surface area contributed by atoms with Gasteiger partial charge in [0.1, 0.15) is 0 Å². The lowest BCUT2D eigenvalue weighted by atomic mass is 10.1. The highest BCUT2D eigenvalue weighted by Crippen LogP contribution is 2.17. The van der Waals surface area contributed by atoms with E-state index in [1.165, 1.54) is 11.1 Å². The standard InChI is InChI=1S/C17H20N2O2/c1-2-14-7-3-4-9-16(14)13-18-12-11-15-8-5-6-10-17(15)19(20)21/h3-10,18H,2,11-13H2,1H3. The SMILES string of the molecule is CCc1ccccc1CNCCc1ccccc1[N+](=O)[O-]. The van der Waals surface area contributed by atoms with Gasteiger partial charge in [-0.3, -0.25) is 10.1 Å². The van der Waals surface area contributed by atoms with E-state index in [4.69, 9.17) is 0 Å². The van der Waals surface area contributed by atoms with Crippen LogP contribution in [-0.4, -0.2) is 11.5 Å². The summed E-state index contributed by atoms with van der Waals surface area (Å²) in [4.78, 5) is 10.6. The van der Waals surface area contributed by atoms with Crippen LogP contribution in [0.3, 0.4) is 0 Å². The van der Waals surface area contributed by atoms with Gasteiger partial charge < -0.3 is 5.32 Å². The average molecular weight is 284 g/mol. The predicted octanol–water partition coefficient (Wildman–Crippen LogP) is 3.49. The summed E-state index contributed by atoms with van der Waals surface area (Å²) in [6.07, 6.45) is 1.67. The van der Waals surface area contributed by atoms with Crippen LogP contribution in [0.5, 0.6) is 0 Å². The first-order valence-corrected chi connectivity index (χ1v) is 7.22. The zero-order valence-electron chi connectivity index (χ0n) is 12.2. The molecule has 1 N–H and O–H groups in total. The smallest absolute Gasteiger partial charge is 0.272 e. The second kappa shape index (κ2) is 7.55. The van der Waals surface area contributed by atoms with Crippen LogP contribution in [0.15, 0.2) is 48.5 Å². The molecule has 0 bridgehead atoms. The van der Waals surface area contributed by atoms with Gasteiger partial charge in [-0.15, -0.1) is 0 Å². The van der Waals surface area contributed by atoms with Crippen LogP contribution in [0, 0.1) is 10.1 Å². The molecule has 0 saturated heterocycles. The molecule has 2 aromatic carbocycles. The van der Waals surface area contributed by atoms with E-state index >= 15 is 0 Å². The van der Waals surface area contributed by atoms with Crippen LogP contribution in [0.4, 0.5) is 5.69 Å². The molecule has 0 radical (unpaired) electrons. The Labute approximate surface area is 125 Å². The second-order valence-electron chi connectivity index (χ2n) is 4.93. The Kier molecular flexibility index (Phi) is 5.46. The summed E-state index contributed by atoms with van der Waals surface area (Å²) in [5, 5.41) is 14.3. The lowest BCUT2D eigenvalue weighted by molar-refractivity contribution is -0.385. The van der Waals surface area contributed by atoms with Gasteiger partial charge in [-0.25, -0.2) is 0 Å². The average Bonchev–Trinajstić information content (AvgIpc) is 2.52. The van der Waals surface area contributed by atoms with Gasteiger partial charge in [0.2, 0.25) is 0 Å². The molecule has 0 aromatic heterocycles. The van der Waals surface area contributed by atoms with Gasteiger partial charge in [0.05, 0.1) is 4.92 Å². The highest BCUT2D eigenvalue weighted by molar-refractivity contribution is 5.39. The van der Waals surface area contributed by atoms with Crippen LogP contribution in [0.25, 0.3) is 0 Å². The lowest BCUT2D eigenvalue weighted by Crippen LogP contribution is -2.18. The van der Waals surface area contributed by atoms with E-state index in [-0.39, 0.29) is 10.6 Å². The zero-order chi connectivity index (χ0) is 15.1. The molecular formula is C17H20N2O2. The van der Waals surface area contributed by atoms with Crippen LogP contribution in [0.2, 0.25) is 0 Å². The maximum Gasteiger partial charge on any atom is 0.272 e. The van der Waals surface area contributed by atoms with Gasteiger partial charge in [0.15, 0.2) is 0 Å². The molecule has 0 aliphatic rings. The van der Waals surface area contributed by atoms with E-state index in [9.17, 15) is 10.1 Å². The third-order valence-electron chi connectivity index (χ3n) is 3.57. The summed E-state index contributed by atoms with van der Waals surface area (Å²) in [6, 6.07) is 15.3. The third-order valence-corrected chi connectivity index (χ3v) is 3.57. The maximum absolute atomic E-state index is 10.9. The van der Waals surface area contributed by atoms with Crippen molar-refractivity contribution in [3.8, 4) is 0 Å². The van der Waals surface area contributed by atoms with Crippen LogP contribution in [0.1, 0.15) is 23.6 Å². The summed E-state index contributed by atoms with van der Waals surface area (Å²) in [5.74, 6) is 0. The summed E-state index contributed by atoms with van der Waals surface area (Å²) in [7, 11) is 0. The van der Waals surface area contributed by atoms with E-state index in [2.05, 4.69) is 30.4 Å². The van der Waals surface area contributed by atoms with Crippen molar-refractivity contribution in [1.82, 2.24) is 5.32 Å². The van der Waals surface area contributed by atoms with Gasteiger partial charge >= 0.3 is 0 Å². The fourth-order valence-electron chi connectivity index (χ4n) is 2.42. The van der Waals surface area contributed by atoms with Crippen molar-refractivity contribution in [3.05, 3.63) is 75.3 Å².